The highest BCUT2D eigenvalue weighted by molar-refractivity contribution is 9.10. The zero-order chi connectivity index (χ0) is 11.9. The van der Waals surface area contributed by atoms with E-state index < -0.39 is 5.60 Å². The summed E-state index contributed by atoms with van der Waals surface area (Å²) in [6.45, 7) is 2.02. The van der Waals surface area contributed by atoms with E-state index in [0.717, 1.165) is 12.0 Å². The van der Waals surface area contributed by atoms with E-state index in [1.165, 1.54) is 0 Å². The van der Waals surface area contributed by atoms with Crippen molar-refractivity contribution in [3.63, 3.8) is 0 Å². The first-order valence-electron chi connectivity index (χ1n) is 5.34. The monoisotopic (exact) mass is 286 g/mol. The summed E-state index contributed by atoms with van der Waals surface area (Å²) in [7, 11) is 1.57. The summed E-state index contributed by atoms with van der Waals surface area (Å²) in [5.41, 5.74) is 0.766. The van der Waals surface area contributed by atoms with E-state index >= 15 is 0 Å². The largest absolute Gasteiger partial charge is 0.506 e. The van der Waals surface area contributed by atoms with Crippen LogP contribution in [-0.2, 0) is 12.0 Å². The van der Waals surface area contributed by atoms with Crippen LogP contribution in [0.1, 0.15) is 30.9 Å². The summed E-state index contributed by atoms with van der Waals surface area (Å²) in [4.78, 5) is 0. The lowest BCUT2D eigenvalue weighted by Crippen LogP contribution is -2.07. The van der Waals surface area contributed by atoms with Crippen LogP contribution in [0.25, 0.3) is 0 Å². The van der Waals surface area contributed by atoms with Crippen LogP contribution in [0.15, 0.2) is 10.5 Å². The molecular weight excluding hydrogens is 272 g/mol. The Balaban J connectivity index is 2.60. The average Bonchev–Trinajstić information content (AvgIpc) is 3.01. The number of phenols is 1. The van der Waals surface area contributed by atoms with Gasteiger partial charge in [-0.3, -0.25) is 0 Å². The van der Waals surface area contributed by atoms with Crippen molar-refractivity contribution in [2.24, 2.45) is 0 Å². The van der Waals surface area contributed by atoms with Gasteiger partial charge in [0.1, 0.15) is 16.0 Å². The summed E-state index contributed by atoms with van der Waals surface area (Å²) >= 11 is 3.32. The second-order valence-corrected chi connectivity index (χ2v) is 4.96. The second kappa shape index (κ2) is 3.93. The third kappa shape index (κ3) is 1.70. The Labute approximate surface area is 103 Å². The number of methoxy groups -OCH3 is 1. The van der Waals surface area contributed by atoms with Gasteiger partial charge in [-0.1, -0.05) is 6.92 Å². The highest BCUT2D eigenvalue weighted by Crippen LogP contribution is 2.52. The first kappa shape index (κ1) is 11.7. The van der Waals surface area contributed by atoms with E-state index in [9.17, 15) is 10.2 Å². The molecule has 0 unspecified atom stereocenters. The minimum atomic E-state index is -0.831. The molecule has 0 radical (unpaired) electrons. The standard InChI is InChI=1S/C12H15BrO3/c1-3-7-6-8(12(15)4-5-12)10(14)9(13)11(7)16-2/h6,14-15H,3-5H2,1-2H3. The molecule has 1 aromatic rings. The molecule has 16 heavy (non-hydrogen) atoms. The fourth-order valence-corrected chi connectivity index (χ4v) is 2.53. The Morgan fingerprint density at radius 1 is 1.50 bits per heavy atom. The summed E-state index contributed by atoms with van der Waals surface area (Å²) in [5, 5.41) is 20.1. The number of aromatic hydroxyl groups is 1. The van der Waals surface area contributed by atoms with E-state index in [1.54, 1.807) is 7.11 Å². The Bertz CT molecular complexity index is 425. The Kier molecular flexibility index (Phi) is 2.88. The molecule has 0 aromatic heterocycles. The van der Waals surface area contributed by atoms with Gasteiger partial charge in [-0.15, -0.1) is 0 Å². The molecule has 88 valence electrons. The molecule has 2 rings (SSSR count). The predicted molar refractivity (Wildman–Crippen MR) is 64.9 cm³/mol. The van der Waals surface area contributed by atoms with Crippen molar-refractivity contribution in [2.45, 2.75) is 31.8 Å². The van der Waals surface area contributed by atoms with E-state index in [1.807, 2.05) is 13.0 Å². The molecule has 0 bridgehead atoms. The lowest BCUT2D eigenvalue weighted by atomic mass is 10.0. The van der Waals surface area contributed by atoms with Crippen LogP contribution < -0.4 is 4.74 Å². The van der Waals surface area contributed by atoms with Gasteiger partial charge >= 0.3 is 0 Å². The third-order valence-electron chi connectivity index (χ3n) is 3.08. The van der Waals surface area contributed by atoms with Crippen molar-refractivity contribution in [1.82, 2.24) is 0 Å². The number of aliphatic hydroxyl groups is 1. The first-order valence-corrected chi connectivity index (χ1v) is 6.14. The van der Waals surface area contributed by atoms with Gasteiger partial charge in [0.2, 0.25) is 0 Å². The lowest BCUT2D eigenvalue weighted by Gasteiger charge is -2.17. The molecule has 1 aliphatic rings. The molecule has 4 heteroatoms. The number of phenolic OH excluding ortho intramolecular Hbond substituents is 1. The maximum absolute atomic E-state index is 10.1. The van der Waals surface area contributed by atoms with Crippen LogP contribution in [0.3, 0.4) is 0 Å². The van der Waals surface area contributed by atoms with Crippen LogP contribution >= 0.6 is 15.9 Å². The number of hydrogen-bond acceptors (Lipinski definition) is 3. The first-order chi connectivity index (χ1) is 7.53. The molecule has 0 heterocycles. The van der Waals surface area contributed by atoms with Crippen molar-refractivity contribution >= 4 is 15.9 Å². The maximum atomic E-state index is 10.1. The number of aryl methyl sites for hydroxylation is 1. The molecule has 0 spiro atoms. The Hall–Kier alpha value is -0.740. The van der Waals surface area contributed by atoms with Gasteiger partial charge in [-0.05, 0) is 46.8 Å². The minimum absolute atomic E-state index is 0.0917. The molecular formula is C12H15BrO3. The van der Waals surface area contributed by atoms with E-state index in [4.69, 9.17) is 4.74 Å². The quantitative estimate of drug-likeness (QED) is 0.898. The van der Waals surface area contributed by atoms with Crippen molar-refractivity contribution < 1.29 is 14.9 Å². The third-order valence-corrected chi connectivity index (χ3v) is 3.82. The SMILES string of the molecule is CCc1cc(C2(O)CC2)c(O)c(Br)c1OC. The van der Waals surface area contributed by atoms with E-state index in [-0.39, 0.29) is 5.75 Å². The molecule has 1 saturated carbocycles. The molecule has 1 aromatic carbocycles. The van der Waals surface area contributed by atoms with Crippen molar-refractivity contribution in [3.8, 4) is 11.5 Å². The topological polar surface area (TPSA) is 49.7 Å². The number of ether oxygens (including phenoxy) is 1. The fourth-order valence-electron chi connectivity index (χ4n) is 1.90. The highest BCUT2D eigenvalue weighted by Gasteiger charge is 2.45. The van der Waals surface area contributed by atoms with Crippen LogP contribution in [0.4, 0.5) is 0 Å². The smallest absolute Gasteiger partial charge is 0.140 e. The van der Waals surface area contributed by atoms with Gasteiger partial charge in [0.25, 0.3) is 0 Å². The molecule has 1 fully saturated rings. The zero-order valence-electron chi connectivity index (χ0n) is 9.38. The van der Waals surface area contributed by atoms with Crippen molar-refractivity contribution in [1.29, 1.82) is 0 Å². The number of halogens is 1. The normalized spacial score (nSPS) is 17.2. The molecule has 3 nitrogen and oxygen atoms in total. The molecule has 1 aliphatic carbocycles. The summed E-state index contributed by atoms with van der Waals surface area (Å²) in [6, 6.07) is 1.84. The van der Waals surface area contributed by atoms with E-state index in [0.29, 0.717) is 28.6 Å². The van der Waals surface area contributed by atoms with Crippen LogP contribution in [0, 0.1) is 0 Å². The van der Waals surface area contributed by atoms with Gasteiger partial charge in [-0.2, -0.15) is 0 Å². The van der Waals surface area contributed by atoms with Crippen LogP contribution in [0.5, 0.6) is 11.5 Å². The molecule has 0 aliphatic heterocycles. The minimum Gasteiger partial charge on any atom is -0.506 e. The Morgan fingerprint density at radius 3 is 2.56 bits per heavy atom. The van der Waals surface area contributed by atoms with Gasteiger partial charge in [0.15, 0.2) is 0 Å². The highest BCUT2D eigenvalue weighted by atomic mass is 79.9. The summed E-state index contributed by atoms with van der Waals surface area (Å²) < 4.78 is 5.78. The molecule has 0 amide bonds. The summed E-state index contributed by atoms with van der Waals surface area (Å²) in [5.74, 6) is 0.738. The molecule has 0 atom stereocenters. The second-order valence-electron chi connectivity index (χ2n) is 4.16. The van der Waals surface area contributed by atoms with Crippen LogP contribution in [0.2, 0.25) is 0 Å². The maximum Gasteiger partial charge on any atom is 0.140 e. The fraction of sp³-hybridized carbons (Fsp3) is 0.500. The number of hydrogen-bond donors (Lipinski definition) is 2. The predicted octanol–water partition coefficient (Wildman–Crippen LogP) is 2.71. The average molecular weight is 287 g/mol. The van der Waals surface area contributed by atoms with Gasteiger partial charge < -0.3 is 14.9 Å². The van der Waals surface area contributed by atoms with Crippen LogP contribution in [-0.4, -0.2) is 17.3 Å². The van der Waals surface area contributed by atoms with Crippen molar-refractivity contribution in [3.05, 3.63) is 21.7 Å². The molecule has 2 N–H and O–H groups in total. The van der Waals surface area contributed by atoms with Gasteiger partial charge in [0.05, 0.1) is 12.7 Å². The Morgan fingerprint density at radius 2 is 2.12 bits per heavy atom. The van der Waals surface area contributed by atoms with Gasteiger partial charge in [-0.25, -0.2) is 0 Å². The van der Waals surface area contributed by atoms with Crippen molar-refractivity contribution in [2.75, 3.05) is 7.11 Å². The van der Waals surface area contributed by atoms with Gasteiger partial charge in [0, 0.05) is 5.56 Å². The molecule has 0 saturated heterocycles. The lowest BCUT2D eigenvalue weighted by molar-refractivity contribution is 0.147. The number of rotatable bonds is 3. The van der Waals surface area contributed by atoms with E-state index in [2.05, 4.69) is 15.9 Å². The zero-order valence-corrected chi connectivity index (χ0v) is 11.0. The number of benzene rings is 1. The summed E-state index contributed by atoms with van der Waals surface area (Å²) in [6.07, 6.45) is 2.22.